The summed E-state index contributed by atoms with van der Waals surface area (Å²) in [6.45, 7) is 5.92. The molecule has 0 radical (unpaired) electrons. The number of benzene rings is 6. The number of hydrogen-bond acceptors (Lipinski definition) is 11. The number of nitrogens with zero attached hydrogens (tertiary/aromatic N) is 5. The second kappa shape index (κ2) is 30.3. The number of aliphatic imine (C=N–C) groups is 1. The van der Waals surface area contributed by atoms with Gasteiger partial charge in [-0.15, -0.1) is 0 Å². The van der Waals surface area contributed by atoms with E-state index in [0.717, 1.165) is 29.9 Å². The van der Waals surface area contributed by atoms with E-state index in [1.54, 1.807) is 97.2 Å². The third-order valence-corrected chi connectivity index (χ3v) is 11.5. The molecule has 0 fully saturated rings. The van der Waals surface area contributed by atoms with Crippen LogP contribution in [0.15, 0.2) is 171 Å². The zero-order valence-electron chi connectivity index (χ0n) is 40.8. The van der Waals surface area contributed by atoms with E-state index in [9.17, 15) is 9.59 Å². The van der Waals surface area contributed by atoms with Crippen LogP contribution in [-0.2, 0) is 0 Å². The Bertz CT molecular complexity index is 2540. The number of unbranched alkanes of at least 4 members (excludes halogenated alkanes) is 14. The third-order valence-electron chi connectivity index (χ3n) is 11.5. The zero-order valence-corrected chi connectivity index (χ0v) is 40.8. The van der Waals surface area contributed by atoms with Crippen molar-refractivity contribution < 1.29 is 28.5 Å². The summed E-state index contributed by atoms with van der Waals surface area (Å²) in [4.78, 5) is 30.4. The van der Waals surface area contributed by atoms with Crippen LogP contribution in [0, 0.1) is 0 Å². The lowest BCUT2D eigenvalue weighted by Gasteiger charge is -2.06. The predicted molar refractivity (Wildman–Crippen MR) is 280 cm³/mol. The maximum Gasteiger partial charge on any atom is 0.343 e. The number of ether oxygens (including phenoxy) is 4. The van der Waals surface area contributed by atoms with Gasteiger partial charge >= 0.3 is 11.9 Å². The Morgan fingerprint density at radius 3 is 1.17 bits per heavy atom. The van der Waals surface area contributed by atoms with Gasteiger partial charge in [0.1, 0.15) is 23.0 Å². The average Bonchev–Trinajstić information content (AvgIpc) is 3.39. The zero-order chi connectivity index (χ0) is 48.9. The minimum atomic E-state index is -0.501. The number of carbonyl (C=O) groups excluding carboxylic acids is 2. The standard InChI is InChI=1S/C59H67N5O6/c1-3-5-7-9-11-13-15-17-42-67-54-36-32-52(33-37-54)63-61-50-26-22-47(23-27-50)58(65)69-56-40-30-49(31-41-56)60-45-46-20-19-21-57(44-46)70-59(66)48-24-28-51(29-25-48)62-64-53-34-38-55(39-35-53)68-43-18-16-14-12-10-8-6-4-2/h19-41,44-45H,3-18,42-43H2,1-2H3. The van der Waals surface area contributed by atoms with Gasteiger partial charge in [0.15, 0.2) is 0 Å². The first-order valence-corrected chi connectivity index (χ1v) is 25.1. The van der Waals surface area contributed by atoms with Crippen LogP contribution in [0.25, 0.3) is 0 Å². The Morgan fingerprint density at radius 2 is 0.743 bits per heavy atom. The summed E-state index contributed by atoms with van der Waals surface area (Å²) in [5, 5.41) is 17.3. The van der Waals surface area contributed by atoms with Crippen LogP contribution in [0.4, 0.5) is 28.4 Å². The van der Waals surface area contributed by atoms with E-state index in [4.69, 9.17) is 18.9 Å². The molecule has 11 heteroatoms. The van der Waals surface area contributed by atoms with E-state index >= 15 is 0 Å². The number of azo groups is 2. The van der Waals surface area contributed by atoms with Gasteiger partial charge in [0.2, 0.25) is 0 Å². The first-order chi connectivity index (χ1) is 34.4. The SMILES string of the molecule is CCCCCCCCCCOc1ccc(N=Nc2ccc(C(=O)Oc3ccc(N=Cc4cccc(OC(=O)c5ccc(N=Nc6ccc(OCCCCCCCCCC)cc6)cc5)c4)cc3)cc2)cc1. The van der Waals surface area contributed by atoms with Gasteiger partial charge in [0.05, 0.1) is 52.8 Å². The fraction of sp³-hybridized carbons (Fsp3) is 0.339. The van der Waals surface area contributed by atoms with Crippen LogP contribution in [0.1, 0.15) is 143 Å². The number of hydrogen-bond donors (Lipinski definition) is 0. The minimum Gasteiger partial charge on any atom is -0.494 e. The molecule has 0 aliphatic carbocycles. The Labute approximate surface area is 414 Å². The molecule has 0 saturated heterocycles. The van der Waals surface area contributed by atoms with Crippen LogP contribution in [0.3, 0.4) is 0 Å². The molecular weight excluding hydrogens is 875 g/mol. The summed E-state index contributed by atoms with van der Waals surface area (Å²) in [5.41, 5.74) is 4.76. The highest BCUT2D eigenvalue weighted by Crippen LogP contribution is 2.26. The molecule has 6 rings (SSSR count). The van der Waals surface area contributed by atoms with Gasteiger partial charge in [-0.05, 0) is 152 Å². The van der Waals surface area contributed by atoms with Gasteiger partial charge in [-0.25, -0.2) is 9.59 Å². The normalized spacial score (nSPS) is 11.4. The largest absolute Gasteiger partial charge is 0.494 e. The topological polar surface area (TPSA) is 133 Å². The lowest BCUT2D eigenvalue weighted by molar-refractivity contribution is 0.0725. The molecule has 0 amide bonds. The molecule has 11 nitrogen and oxygen atoms in total. The van der Waals surface area contributed by atoms with E-state index < -0.39 is 11.9 Å². The van der Waals surface area contributed by atoms with Crippen molar-refractivity contribution in [1.82, 2.24) is 0 Å². The third kappa shape index (κ3) is 19.4. The van der Waals surface area contributed by atoms with Crippen molar-refractivity contribution in [1.29, 1.82) is 0 Å². The van der Waals surface area contributed by atoms with Crippen molar-refractivity contribution in [2.45, 2.75) is 117 Å². The lowest BCUT2D eigenvalue weighted by Crippen LogP contribution is -2.08. The molecule has 364 valence electrons. The number of esters is 2. The molecule has 0 saturated carbocycles. The summed E-state index contributed by atoms with van der Waals surface area (Å²) in [5.74, 6) is 1.40. The second-order valence-electron chi connectivity index (χ2n) is 17.2. The second-order valence-corrected chi connectivity index (χ2v) is 17.2. The smallest absolute Gasteiger partial charge is 0.343 e. The molecule has 70 heavy (non-hydrogen) atoms. The van der Waals surface area contributed by atoms with Crippen molar-refractivity contribution in [3.63, 3.8) is 0 Å². The first-order valence-electron chi connectivity index (χ1n) is 25.1. The van der Waals surface area contributed by atoms with Crippen LogP contribution in [0.2, 0.25) is 0 Å². The maximum atomic E-state index is 13.0. The lowest BCUT2D eigenvalue weighted by atomic mass is 10.1. The van der Waals surface area contributed by atoms with Crippen LogP contribution in [-0.4, -0.2) is 31.4 Å². The van der Waals surface area contributed by atoms with Crippen LogP contribution >= 0.6 is 0 Å². The van der Waals surface area contributed by atoms with E-state index in [-0.39, 0.29) is 0 Å². The summed E-state index contributed by atoms with van der Waals surface area (Å²) in [7, 11) is 0. The van der Waals surface area contributed by atoms with Gasteiger partial charge in [-0.3, -0.25) is 4.99 Å². The molecule has 0 atom stereocenters. The van der Waals surface area contributed by atoms with E-state index in [1.807, 2.05) is 54.6 Å². The van der Waals surface area contributed by atoms with Crippen molar-refractivity contribution in [3.8, 4) is 23.0 Å². The Balaban J connectivity index is 0.882. The Hall–Kier alpha value is -7.27. The average molecular weight is 942 g/mol. The quantitative estimate of drug-likeness (QED) is 0.0145. The molecule has 0 unspecified atom stereocenters. The van der Waals surface area contributed by atoms with Gasteiger partial charge in [0.25, 0.3) is 0 Å². The summed E-state index contributed by atoms with van der Waals surface area (Å²) < 4.78 is 23.1. The van der Waals surface area contributed by atoms with Gasteiger partial charge in [0, 0.05) is 6.21 Å². The Morgan fingerprint density at radius 1 is 0.386 bits per heavy atom. The van der Waals surface area contributed by atoms with Gasteiger partial charge < -0.3 is 18.9 Å². The highest BCUT2D eigenvalue weighted by molar-refractivity contribution is 5.92. The Kier molecular flexibility index (Phi) is 22.5. The van der Waals surface area contributed by atoms with Crippen molar-refractivity contribution in [2.24, 2.45) is 25.4 Å². The number of carbonyl (C=O) groups is 2. The summed E-state index contributed by atoms with van der Waals surface area (Å²) in [6.07, 6.45) is 21.9. The van der Waals surface area contributed by atoms with Crippen molar-refractivity contribution in [3.05, 3.63) is 162 Å². The van der Waals surface area contributed by atoms with Crippen LogP contribution < -0.4 is 18.9 Å². The molecule has 0 spiro atoms. The van der Waals surface area contributed by atoms with E-state index in [1.165, 1.54) is 89.9 Å². The minimum absolute atomic E-state index is 0.376. The van der Waals surface area contributed by atoms with Crippen LogP contribution in [0.5, 0.6) is 23.0 Å². The monoisotopic (exact) mass is 942 g/mol. The number of rotatable bonds is 30. The first kappa shape index (κ1) is 52.1. The molecule has 0 bridgehead atoms. The molecule has 0 heterocycles. The molecule has 0 aliphatic rings. The molecule has 0 aliphatic heterocycles. The predicted octanol–water partition coefficient (Wildman–Crippen LogP) is 17.7. The summed E-state index contributed by atoms with van der Waals surface area (Å²) in [6, 6.07) is 42.6. The maximum absolute atomic E-state index is 13.0. The summed E-state index contributed by atoms with van der Waals surface area (Å²) >= 11 is 0. The highest BCUT2D eigenvalue weighted by Gasteiger charge is 2.11. The molecule has 0 aromatic heterocycles. The molecule has 0 N–H and O–H groups in total. The van der Waals surface area contributed by atoms with E-state index in [2.05, 4.69) is 39.3 Å². The fourth-order valence-electron chi connectivity index (χ4n) is 7.37. The van der Waals surface area contributed by atoms with Crippen molar-refractivity contribution in [2.75, 3.05) is 13.2 Å². The van der Waals surface area contributed by atoms with Gasteiger partial charge in [-0.2, -0.15) is 20.5 Å². The highest BCUT2D eigenvalue weighted by atomic mass is 16.5. The van der Waals surface area contributed by atoms with E-state index in [0.29, 0.717) is 64.3 Å². The van der Waals surface area contributed by atoms with Crippen molar-refractivity contribution >= 4 is 46.6 Å². The fourth-order valence-corrected chi connectivity index (χ4v) is 7.37. The molecule has 6 aromatic carbocycles. The molecular formula is C59H67N5O6. The molecule has 6 aromatic rings. The van der Waals surface area contributed by atoms with Gasteiger partial charge in [-0.1, -0.05) is 116 Å².